The molecule has 1 fully saturated rings. The maximum atomic E-state index is 12.6. The number of piperidine rings is 1. The number of aromatic nitrogens is 1. The molecule has 0 spiro atoms. The monoisotopic (exact) mass is 417 g/mol. The first-order valence-electron chi connectivity index (χ1n) is 11.1. The molecule has 0 radical (unpaired) electrons. The van der Waals surface area contributed by atoms with E-state index in [4.69, 9.17) is 4.74 Å². The molecule has 5 heteroatoms. The molecule has 1 amide bonds. The predicted octanol–water partition coefficient (Wildman–Crippen LogP) is 5.24. The van der Waals surface area contributed by atoms with Crippen LogP contribution in [0.15, 0.2) is 48.5 Å². The summed E-state index contributed by atoms with van der Waals surface area (Å²) < 4.78 is 5.89. The molecule has 0 unspecified atom stereocenters. The number of nitrogens with one attached hydrogen (secondary N) is 1. The van der Waals surface area contributed by atoms with Crippen LogP contribution in [0.25, 0.3) is 10.9 Å². The van der Waals surface area contributed by atoms with Crippen LogP contribution in [0.4, 0.5) is 5.69 Å². The lowest BCUT2D eigenvalue weighted by molar-refractivity contribution is -0.118. The summed E-state index contributed by atoms with van der Waals surface area (Å²) in [6.45, 7) is 8.29. The summed E-state index contributed by atoms with van der Waals surface area (Å²) in [5.74, 6) is 0.521. The van der Waals surface area contributed by atoms with Crippen molar-refractivity contribution in [3.05, 3.63) is 65.4 Å². The van der Waals surface area contributed by atoms with E-state index in [0.717, 1.165) is 40.9 Å². The summed E-state index contributed by atoms with van der Waals surface area (Å²) in [5, 5.41) is 3.90. The lowest BCUT2D eigenvalue weighted by Crippen LogP contribution is -2.36. The van der Waals surface area contributed by atoms with Crippen molar-refractivity contribution in [3.63, 3.8) is 0 Å². The fourth-order valence-electron chi connectivity index (χ4n) is 4.27. The van der Waals surface area contributed by atoms with Crippen molar-refractivity contribution >= 4 is 22.5 Å². The summed E-state index contributed by atoms with van der Waals surface area (Å²) in [5.41, 5.74) is 4.90. The number of carbonyl (C=O) groups is 1. The van der Waals surface area contributed by atoms with Gasteiger partial charge in [0.05, 0.1) is 5.52 Å². The number of likely N-dealkylation sites (tertiary alicyclic amines) is 1. The molecule has 0 bridgehead atoms. The predicted molar refractivity (Wildman–Crippen MR) is 126 cm³/mol. The van der Waals surface area contributed by atoms with Crippen LogP contribution in [0.5, 0.6) is 5.75 Å². The highest BCUT2D eigenvalue weighted by Crippen LogP contribution is 2.26. The Hall–Kier alpha value is -2.92. The van der Waals surface area contributed by atoms with Gasteiger partial charge in [-0.2, -0.15) is 0 Å². The van der Waals surface area contributed by atoms with Crippen LogP contribution in [0.1, 0.15) is 43.0 Å². The average molecular weight is 418 g/mol. The van der Waals surface area contributed by atoms with Gasteiger partial charge < -0.3 is 10.1 Å². The highest BCUT2D eigenvalue weighted by atomic mass is 16.5. The normalized spacial score (nSPS) is 16.9. The second kappa shape index (κ2) is 9.48. The summed E-state index contributed by atoms with van der Waals surface area (Å²) in [6.07, 6.45) is 3.84. The zero-order valence-electron chi connectivity index (χ0n) is 18.6. The van der Waals surface area contributed by atoms with Crippen molar-refractivity contribution in [2.24, 2.45) is 0 Å². The summed E-state index contributed by atoms with van der Waals surface area (Å²) >= 11 is 0. The summed E-state index contributed by atoms with van der Waals surface area (Å²) in [7, 11) is 0. The van der Waals surface area contributed by atoms with Crippen molar-refractivity contribution in [3.8, 4) is 5.75 Å². The molecular formula is C26H31N3O2. The molecule has 2 aromatic carbocycles. The van der Waals surface area contributed by atoms with E-state index in [1.165, 1.54) is 24.8 Å². The third-order valence-corrected chi connectivity index (χ3v) is 5.95. The van der Waals surface area contributed by atoms with E-state index in [1.54, 1.807) is 0 Å². The summed E-state index contributed by atoms with van der Waals surface area (Å²) in [4.78, 5) is 19.6. The minimum atomic E-state index is -0.168. The first kappa shape index (κ1) is 21.3. The molecule has 1 atom stereocenters. The second-order valence-corrected chi connectivity index (χ2v) is 8.63. The van der Waals surface area contributed by atoms with Gasteiger partial charge in [-0.3, -0.25) is 14.7 Å². The molecule has 1 aliphatic heterocycles. The van der Waals surface area contributed by atoms with Gasteiger partial charge in [0, 0.05) is 35.4 Å². The molecule has 0 aliphatic carbocycles. The number of rotatable bonds is 6. The van der Waals surface area contributed by atoms with E-state index in [-0.39, 0.29) is 12.5 Å². The van der Waals surface area contributed by atoms with Crippen molar-refractivity contribution in [1.29, 1.82) is 0 Å². The molecule has 162 valence electrons. The van der Waals surface area contributed by atoms with Crippen LogP contribution >= 0.6 is 0 Å². The SMILES string of the molecule is Cc1ccc2nc(C)cc(OCC(=O)Nc3cccc(CN4CCCC[C@@H]4C)c3)c2c1. The Balaban J connectivity index is 1.39. The minimum Gasteiger partial charge on any atom is -0.483 e. The summed E-state index contributed by atoms with van der Waals surface area (Å²) in [6, 6.07) is 16.7. The number of fused-ring (bicyclic) bond motifs is 1. The Bertz CT molecular complexity index is 1080. The fourth-order valence-corrected chi connectivity index (χ4v) is 4.27. The molecule has 5 nitrogen and oxygen atoms in total. The van der Waals surface area contributed by atoms with Gasteiger partial charge in [0.2, 0.25) is 0 Å². The average Bonchev–Trinajstić information content (AvgIpc) is 2.74. The minimum absolute atomic E-state index is 0.0418. The van der Waals surface area contributed by atoms with Gasteiger partial charge in [-0.05, 0) is 70.0 Å². The molecule has 3 aromatic rings. The van der Waals surface area contributed by atoms with Gasteiger partial charge in [-0.15, -0.1) is 0 Å². The second-order valence-electron chi connectivity index (χ2n) is 8.63. The van der Waals surface area contributed by atoms with Crippen LogP contribution in [0.3, 0.4) is 0 Å². The van der Waals surface area contributed by atoms with E-state index in [2.05, 4.69) is 34.3 Å². The zero-order valence-corrected chi connectivity index (χ0v) is 18.6. The number of amides is 1. The van der Waals surface area contributed by atoms with Gasteiger partial charge in [0.15, 0.2) is 6.61 Å². The Morgan fingerprint density at radius 1 is 1.16 bits per heavy atom. The van der Waals surface area contributed by atoms with Crippen LogP contribution in [-0.2, 0) is 11.3 Å². The Labute approximate surface area is 184 Å². The van der Waals surface area contributed by atoms with Gasteiger partial charge in [-0.25, -0.2) is 0 Å². The number of hydrogen-bond acceptors (Lipinski definition) is 4. The Morgan fingerprint density at radius 3 is 2.87 bits per heavy atom. The highest BCUT2D eigenvalue weighted by Gasteiger charge is 2.18. The number of carbonyl (C=O) groups excluding carboxylic acids is 1. The molecule has 1 aliphatic rings. The maximum Gasteiger partial charge on any atom is 0.262 e. The number of benzene rings is 2. The molecule has 1 N–H and O–H groups in total. The van der Waals surface area contributed by atoms with Crippen LogP contribution in [0, 0.1) is 13.8 Å². The Kier molecular flexibility index (Phi) is 6.52. The zero-order chi connectivity index (χ0) is 21.8. The van der Waals surface area contributed by atoms with E-state index in [9.17, 15) is 4.79 Å². The fraction of sp³-hybridized carbons (Fsp3) is 0.385. The lowest BCUT2D eigenvalue weighted by Gasteiger charge is -2.33. The van der Waals surface area contributed by atoms with E-state index in [0.29, 0.717) is 11.8 Å². The van der Waals surface area contributed by atoms with Gasteiger partial charge in [0.25, 0.3) is 5.91 Å². The van der Waals surface area contributed by atoms with Gasteiger partial charge >= 0.3 is 0 Å². The van der Waals surface area contributed by atoms with Crippen LogP contribution in [-0.4, -0.2) is 35.0 Å². The first-order valence-corrected chi connectivity index (χ1v) is 11.1. The van der Waals surface area contributed by atoms with Crippen molar-refractivity contribution in [1.82, 2.24) is 9.88 Å². The van der Waals surface area contributed by atoms with Crippen molar-refractivity contribution in [2.45, 2.75) is 52.6 Å². The van der Waals surface area contributed by atoms with E-state index in [1.807, 2.05) is 50.2 Å². The van der Waals surface area contributed by atoms with Crippen molar-refractivity contribution < 1.29 is 9.53 Å². The number of nitrogens with zero attached hydrogens (tertiary/aromatic N) is 2. The van der Waals surface area contributed by atoms with Crippen LogP contribution < -0.4 is 10.1 Å². The molecular weight excluding hydrogens is 386 g/mol. The molecule has 31 heavy (non-hydrogen) atoms. The third-order valence-electron chi connectivity index (χ3n) is 5.95. The van der Waals surface area contributed by atoms with E-state index < -0.39 is 0 Å². The van der Waals surface area contributed by atoms with Gasteiger partial charge in [-0.1, -0.05) is 30.2 Å². The van der Waals surface area contributed by atoms with Crippen molar-refractivity contribution in [2.75, 3.05) is 18.5 Å². The number of anilines is 1. The molecule has 1 saturated heterocycles. The quantitative estimate of drug-likeness (QED) is 0.596. The number of pyridine rings is 1. The molecule has 4 rings (SSSR count). The topological polar surface area (TPSA) is 54.5 Å². The molecule has 0 saturated carbocycles. The standard InChI is InChI=1S/C26H31N3O2/c1-18-10-11-24-23(13-18)25(14-19(2)27-24)31-17-26(30)28-22-9-6-8-21(15-22)16-29-12-5-4-7-20(29)3/h6,8-11,13-15,20H,4-5,7,12,16-17H2,1-3H3,(H,28,30)/t20-/m0/s1. The van der Waals surface area contributed by atoms with Gasteiger partial charge in [0.1, 0.15) is 5.75 Å². The molecule has 1 aromatic heterocycles. The maximum absolute atomic E-state index is 12.6. The number of ether oxygens (including phenoxy) is 1. The molecule has 2 heterocycles. The van der Waals surface area contributed by atoms with E-state index >= 15 is 0 Å². The number of hydrogen-bond donors (Lipinski definition) is 1. The number of aryl methyl sites for hydroxylation is 2. The smallest absolute Gasteiger partial charge is 0.262 e. The Morgan fingerprint density at radius 2 is 2.03 bits per heavy atom. The third kappa shape index (κ3) is 5.42. The van der Waals surface area contributed by atoms with Crippen LogP contribution in [0.2, 0.25) is 0 Å². The largest absolute Gasteiger partial charge is 0.483 e. The highest BCUT2D eigenvalue weighted by molar-refractivity contribution is 5.92. The lowest BCUT2D eigenvalue weighted by atomic mass is 10.0. The first-order chi connectivity index (χ1) is 15.0.